The SMILES string of the molecule is CSCC[C@@H](N)C(=O)N(CCO)C1CCC1. The average molecular weight is 246 g/mol. The zero-order valence-electron chi connectivity index (χ0n) is 9.89. The van der Waals surface area contributed by atoms with Crippen LogP contribution < -0.4 is 5.73 Å². The number of carbonyl (C=O) groups is 1. The number of amides is 1. The molecule has 1 saturated carbocycles. The molecular formula is C11H22N2O2S. The van der Waals surface area contributed by atoms with Gasteiger partial charge in [-0.15, -0.1) is 0 Å². The third kappa shape index (κ3) is 3.64. The Morgan fingerprint density at radius 3 is 2.75 bits per heavy atom. The molecule has 1 rings (SSSR count). The predicted molar refractivity (Wildman–Crippen MR) is 67.4 cm³/mol. The van der Waals surface area contributed by atoms with Crippen LogP contribution >= 0.6 is 11.8 Å². The molecule has 0 heterocycles. The van der Waals surface area contributed by atoms with Crippen LogP contribution in [0.1, 0.15) is 25.7 Å². The first-order chi connectivity index (χ1) is 7.70. The third-order valence-corrected chi connectivity index (χ3v) is 3.73. The molecule has 94 valence electrons. The number of aliphatic hydroxyl groups excluding tert-OH is 1. The van der Waals surface area contributed by atoms with Gasteiger partial charge in [0, 0.05) is 12.6 Å². The molecule has 0 bridgehead atoms. The second-order valence-corrected chi connectivity index (χ2v) is 5.21. The lowest BCUT2D eigenvalue weighted by Gasteiger charge is -2.38. The van der Waals surface area contributed by atoms with E-state index in [0.29, 0.717) is 19.0 Å². The molecule has 1 aliphatic rings. The minimum atomic E-state index is -0.403. The summed E-state index contributed by atoms with van der Waals surface area (Å²) >= 11 is 1.70. The molecule has 0 aliphatic heterocycles. The maximum absolute atomic E-state index is 12.1. The van der Waals surface area contributed by atoms with Crippen LogP contribution in [0, 0.1) is 0 Å². The molecule has 0 aromatic heterocycles. The topological polar surface area (TPSA) is 66.6 Å². The summed E-state index contributed by atoms with van der Waals surface area (Å²) < 4.78 is 0. The van der Waals surface area contributed by atoms with Gasteiger partial charge in [-0.2, -0.15) is 11.8 Å². The van der Waals surface area contributed by atoms with Gasteiger partial charge in [-0.25, -0.2) is 0 Å². The fourth-order valence-corrected chi connectivity index (χ4v) is 2.35. The Balaban J connectivity index is 2.45. The lowest BCUT2D eigenvalue weighted by atomic mass is 9.91. The van der Waals surface area contributed by atoms with Gasteiger partial charge in [0.05, 0.1) is 12.6 Å². The second kappa shape index (κ2) is 7.14. The van der Waals surface area contributed by atoms with Gasteiger partial charge in [-0.05, 0) is 37.7 Å². The minimum Gasteiger partial charge on any atom is -0.395 e. The van der Waals surface area contributed by atoms with Crippen molar-refractivity contribution in [1.29, 1.82) is 0 Å². The van der Waals surface area contributed by atoms with Crippen molar-refractivity contribution in [2.45, 2.75) is 37.8 Å². The Bertz CT molecular complexity index is 222. The molecule has 0 saturated heterocycles. The Morgan fingerprint density at radius 2 is 2.31 bits per heavy atom. The number of rotatable bonds is 7. The van der Waals surface area contributed by atoms with E-state index in [4.69, 9.17) is 10.8 Å². The largest absolute Gasteiger partial charge is 0.395 e. The monoisotopic (exact) mass is 246 g/mol. The van der Waals surface area contributed by atoms with Crippen molar-refractivity contribution >= 4 is 17.7 Å². The zero-order valence-corrected chi connectivity index (χ0v) is 10.7. The van der Waals surface area contributed by atoms with Gasteiger partial charge >= 0.3 is 0 Å². The predicted octanol–water partition coefficient (Wildman–Crippen LogP) is 0.440. The molecule has 1 atom stereocenters. The molecule has 3 N–H and O–H groups in total. The first kappa shape index (κ1) is 13.8. The Hall–Kier alpha value is -0.260. The highest BCUT2D eigenvalue weighted by atomic mass is 32.2. The molecule has 4 nitrogen and oxygen atoms in total. The minimum absolute atomic E-state index is 0.00722. The van der Waals surface area contributed by atoms with E-state index in [1.54, 1.807) is 16.7 Å². The molecule has 5 heteroatoms. The van der Waals surface area contributed by atoms with E-state index in [2.05, 4.69) is 0 Å². The highest BCUT2D eigenvalue weighted by Crippen LogP contribution is 2.25. The highest BCUT2D eigenvalue weighted by Gasteiger charge is 2.30. The van der Waals surface area contributed by atoms with E-state index >= 15 is 0 Å². The van der Waals surface area contributed by atoms with Gasteiger partial charge in [0.15, 0.2) is 0 Å². The van der Waals surface area contributed by atoms with Gasteiger partial charge < -0.3 is 15.7 Å². The number of nitrogens with zero attached hydrogens (tertiary/aromatic N) is 1. The molecule has 16 heavy (non-hydrogen) atoms. The number of thioether (sulfide) groups is 1. The van der Waals surface area contributed by atoms with E-state index in [9.17, 15) is 4.79 Å². The number of aliphatic hydroxyl groups is 1. The number of hydrogen-bond donors (Lipinski definition) is 2. The maximum Gasteiger partial charge on any atom is 0.239 e. The number of carbonyl (C=O) groups excluding carboxylic acids is 1. The summed E-state index contributed by atoms with van der Waals surface area (Å²) in [5.74, 6) is 0.915. The van der Waals surface area contributed by atoms with E-state index in [1.807, 2.05) is 6.26 Å². The number of hydrogen-bond acceptors (Lipinski definition) is 4. The van der Waals surface area contributed by atoms with Crippen molar-refractivity contribution in [3.8, 4) is 0 Å². The van der Waals surface area contributed by atoms with Crippen LogP contribution in [-0.4, -0.2) is 53.2 Å². The zero-order chi connectivity index (χ0) is 12.0. The van der Waals surface area contributed by atoms with E-state index in [-0.39, 0.29) is 12.5 Å². The van der Waals surface area contributed by atoms with Crippen LogP contribution in [-0.2, 0) is 4.79 Å². The number of nitrogens with two attached hydrogens (primary N) is 1. The van der Waals surface area contributed by atoms with Gasteiger partial charge in [0.1, 0.15) is 0 Å². The smallest absolute Gasteiger partial charge is 0.239 e. The second-order valence-electron chi connectivity index (χ2n) is 4.23. The van der Waals surface area contributed by atoms with Crippen molar-refractivity contribution in [1.82, 2.24) is 4.90 Å². The van der Waals surface area contributed by atoms with E-state index in [0.717, 1.165) is 18.6 Å². The van der Waals surface area contributed by atoms with Crippen LogP contribution in [0.25, 0.3) is 0 Å². The summed E-state index contributed by atoms with van der Waals surface area (Å²) in [4.78, 5) is 13.8. The summed E-state index contributed by atoms with van der Waals surface area (Å²) in [6, 6.07) is -0.0837. The highest BCUT2D eigenvalue weighted by molar-refractivity contribution is 7.98. The molecule has 1 fully saturated rings. The summed E-state index contributed by atoms with van der Waals surface area (Å²) in [5, 5.41) is 8.97. The molecule has 0 aromatic rings. The molecule has 0 radical (unpaired) electrons. The lowest BCUT2D eigenvalue weighted by molar-refractivity contribution is -0.137. The molecule has 1 aliphatic carbocycles. The van der Waals surface area contributed by atoms with Crippen LogP contribution in [0.4, 0.5) is 0 Å². The first-order valence-electron chi connectivity index (χ1n) is 5.86. The molecule has 0 spiro atoms. The van der Waals surface area contributed by atoms with Crippen molar-refractivity contribution < 1.29 is 9.90 Å². The van der Waals surface area contributed by atoms with Crippen LogP contribution in [0.3, 0.4) is 0 Å². The van der Waals surface area contributed by atoms with Crippen molar-refractivity contribution in [2.24, 2.45) is 5.73 Å². The van der Waals surface area contributed by atoms with Gasteiger partial charge in [0.2, 0.25) is 5.91 Å². The van der Waals surface area contributed by atoms with Crippen molar-refractivity contribution in [3.63, 3.8) is 0 Å². The molecule has 0 unspecified atom stereocenters. The van der Waals surface area contributed by atoms with Crippen LogP contribution in [0.15, 0.2) is 0 Å². The van der Waals surface area contributed by atoms with Gasteiger partial charge in [-0.1, -0.05) is 0 Å². The Labute approximate surface area is 102 Å². The summed E-state index contributed by atoms with van der Waals surface area (Å²) in [6.45, 7) is 0.452. The summed E-state index contributed by atoms with van der Waals surface area (Å²) in [5.41, 5.74) is 5.86. The van der Waals surface area contributed by atoms with Gasteiger partial charge in [-0.3, -0.25) is 4.79 Å². The first-order valence-corrected chi connectivity index (χ1v) is 7.26. The lowest BCUT2D eigenvalue weighted by Crippen LogP contribution is -2.52. The van der Waals surface area contributed by atoms with Crippen LogP contribution in [0.5, 0.6) is 0 Å². The fraction of sp³-hybridized carbons (Fsp3) is 0.909. The Kier molecular flexibility index (Phi) is 6.16. The van der Waals surface area contributed by atoms with Crippen molar-refractivity contribution in [3.05, 3.63) is 0 Å². The molecule has 0 aromatic carbocycles. The normalized spacial score (nSPS) is 17.9. The summed E-state index contributed by atoms with van der Waals surface area (Å²) in [6.07, 6.45) is 6.02. The third-order valence-electron chi connectivity index (χ3n) is 3.09. The molecular weight excluding hydrogens is 224 g/mol. The van der Waals surface area contributed by atoms with E-state index in [1.165, 1.54) is 6.42 Å². The van der Waals surface area contributed by atoms with Gasteiger partial charge in [0.25, 0.3) is 0 Å². The van der Waals surface area contributed by atoms with Crippen molar-refractivity contribution in [2.75, 3.05) is 25.2 Å². The summed E-state index contributed by atoms with van der Waals surface area (Å²) in [7, 11) is 0. The molecule has 1 amide bonds. The standard InChI is InChI=1S/C11H22N2O2S/c1-16-8-5-10(12)11(15)13(6-7-14)9-3-2-4-9/h9-10,14H,2-8,12H2,1H3/t10-/m1/s1. The maximum atomic E-state index is 12.1. The van der Waals surface area contributed by atoms with Crippen LogP contribution in [0.2, 0.25) is 0 Å². The Morgan fingerprint density at radius 1 is 1.62 bits per heavy atom. The van der Waals surface area contributed by atoms with E-state index < -0.39 is 6.04 Å². The quantitative estimate of drug-likeness (QED) is 0.684. The average Bonchev–Trinajstić information content (AvgIpc) is 2.21. The fourth-order valence-electron chi connectivity index (χ4n) is 1.86.